The summed E-state index contributed by atoms with van der Waals surface area (Å²) in [5.41, 5.74) is 1.51. The summed E-state index contributed by atoms with van der Waals surface area (Å²) in [6.07, 6.45) is 0. The first-order valence-corrected chi connectivity index (χ1v) is 6.50. The van der Waals surface area contributed by atoms with E-state index in [9.17, 15) is 8.42 Å². The van der Waals surface area contributed by atoms with Crippen molar-refractivity contribution in [1.82, 2.24) is 4.98 Å². The highest BCUT2D eigenvalue weighted by Crippen LogP contribution is 2.24. The molecule has 0 unspecified atom stereocenters. The van der Waals surface area contributed by atoms with Crippen LogP contribution in [0.25, 0.3) is 11.3 Å². The molecule has 0 spiro atoms. The van der Waals surface area contributed by atoms with Gasteiger partial charge in [-0.25, -0.2) is 18.5 Å². The van der Waals surface area contributed by atoms with Gasteiger partial charge in [-0.05, 0) is 19.1 Å². The maximum atomic E-state index is 11.1. The molecule has 1 aromatic carbocycles. The van der Waals surface area contributed by atoms with Crippen molar-refractivity contribution in [2.45, 2.75) is 18.7 Å². The number of aromatic nitrogens is 1. The van der Waals surface area contributed by atoms with E-state index in [0.29, 0.717) is 17.3 Å². The Morgan fingerprint density at radius 3 is 2.18 bits per heavy atom. The lowest BCUT2D eigenvalue weighted by Crippen LogP contribution is -2.11. The fraction of sp³-hybridized carbons (Fsp3) is 0.182. The number of hydrogen-bond acceptors (Lipinski definition) is 4. The summed E-state index contributed by atoms with van der Waals surface area (Å²) in [5, 5.41) is 5.02. The van der Waals surface area contributed by atoms with Crippen molar-refractivity contribution in [2.75, 3.05) is 0 Å². The largest absolute Gasteiger partial charge is 0.446 e. The molecule has 0 amide bonds. The highest BCUT2D eigenvalue weighted by atomic mass is 32.2. The summed E-state index contributed by atoms with van der Waals surface area (Å²) in [4.78, 5) is 4.31. The molecular weight excluding hydrogens is 240 g/mol. The maximum Gasteiger partial charge on any atom is 0.238 e. The van der Waals surface area contributed by atoms with Crippen LogP contribution in [0.5, 0.6) is 0 Å². The van der Waals surface area contributed by atoms with Crippen LogP contribution in [-0.4, -0.2) is 13.4 Å². The van der Waals surface area contributed by atoms with Gasteiger partial charge >= 0.3 is 0 Å². The van der Waals surface area contributed by atoms with E-state index < -0.39 is 10.0 Å². The van der Waals surface area contributed by atoms with E-state index in [1.807, 2.05) is 6.92 Å². The number of primary sulfonamides is 1. The third-order valence-electron chi connectivity index (χ3n) is 2.36. The van der Waals surface area contributed by atoms with Crippen molar-refractivity contribution in [3.8, 4) is 11.3 Å². The highest BCUT2D eigenvalue weighted by molar-refractivity contribution is 7.89. The molecule has 2 aromatic rings. The summed E-state index contributed by atoms with van der Waals surface area (Å²) in [5.74, 6) is 1.28. The van der Waals surface area contributed by atoms with Gasteiger partial charge in [0.15, 0.2) is 5.89 Å². The van der Waals surface area contributed by atoms with Gasteiger partial charge in [0.2, 0.25) is 10.0 Å². The summed E-state index contributed by atoms with van der Waals surface area (Å²) in [6.45, 7) is 3.57. The van der Waals surface area contributed by atoms with Crippen LogP contribution >= 0.6 is 0 Å². The lowest BCUT2D eigenvalue weighted by Gasteiger charge is -2.00. The molecular formula is C11H12N2O3S. The zero-order chi connectivity index (χ0) is 12.6. The second kappa shape index (κ2) is 3.97. The molecule has 2 rings (SSSR count). The quantitative estimate of drug-likeness (QED) is 0.879. The fourth-order valence-corrected chi connectivity index (χ4v) is 2.11. The topological polar surface area (TPSA) is 86.2 Å². The van der Waals surface area contributed by atoms with Gasteiger partial charge < -0.3 is 4.42 Å². The molecule has 0 radical (unpaired) electrons. The Morgan fingerprint density at radius 2 is 1.76 bits per heavy atom. The number of nitrogens with zero attached hydrogens (tertiary/aromatic N) is 1. The van der Waals surface area contributed by atoms with Gasteiger partial charge in [0, 0.05) is 12.5 Å². The van der Waals surface area contributed by atoms with Crippen LogP contribution in [-0.2, 0) is 10.0 Å². The number of oxazole rings is 1. The van der Waals surface area contributed by atoms with Crippen molar-refractivity contribution < 1.29 is 12.8 Å². The number of rotatable bonds is 2. The van der Waals surface area contributed by atoms with Crippen LogP contribution in [0, 0.1) is 13.8 Å². The van der Waals surface area contributed by atoms with Crippen LogP contribution in [0.4, 0.5) is 0 Å². The Kier molecular flexibility index (Phi) is 2.76. The number of nitrogens with two attached hydrogens (primary N) is 1. The number of benzene rings is 1. The molecule has 5 nitrogen and oxygen atoms in total. The first-order valence-electron chi connectivity index (χ1n) is 4.95. The number of hydrogen-bond donors (Lipinski definition) is 1. The second-order valence-corrected chi connectivity index (χ2v) is 5.27. The standard InChI is InChI=1S/C11H12N2O3S/c1-7-11(13-8(2)16-7)9-3-5-10(6-4-9)17(12,14)15/h3-6H,1-2H3,(H2,12,14,15). The zero-order valence-electron chi connectivity index (χ0n) is 9.47. The fourth-order valence-electron chi connectivity index (χ4n) is 1.60. The van der Waals surface area contributed by atoms with Gasteiger partial charge in [0.25, 0.3) is 0 Å². The van der Waals surface area contributed by atoms with Gasteiger partial charge in [0.1, 0.15) is 11.5 Å². The van der Waals surface area contributed by atoms with E-state index in [-0.39, 0.29) is 4.90 Å². The van der Waals surface area contributed by atoms with E-state index in [2.05, 4.69) is 4.98 Å². The van der Waals surface area contributed by atoms with Crippen molar-refractivity contribution in [1.29, 1.82) is 0 Å². The van der Waals surface area contributed by atoms with Crippen LogP contribution in [0.2, 0.25) is 0 Å². The maximum absolute atomic E-state index is 11.1. The second-order valence-electron chi connectivity index (χ2n) is 3.71. The molecule has 0 fully saturated rings. The molecule has 1 heterocycles. The third-order valence-corrected chi connectivity index (χ3v) is 3.29. The normalized spacial score (nSPS) is 11.7. The molecule has 0 saturated heterocycles. The molecule has 0 aliphatic rings. The van der Waals surface area contributed by atoms with Gasteiger partial charge in [-0.15, -0.1) is 0 Å². The third kappa shape index (κ3) is 2.37. The van der Waals surface area contributed by atoms with E-state index in [4.69, 9.17) is 9.56 Å². The van der Waals surface area contributed by atoms with Gasteiger partial charge in [0.05, 0.1) is 4.90 Å². The highest BCUT2D eigenvalue weighted by Gasteiger charge is 2.11. The van der Waals surface area contributed by atoms with Crippen LogP contribution < -0.4 is 5.14 Å². The van der Waals surface area contributed by atoms with Gasteiger partial charge in [-0.2, -0.15) is 0 Å². The van der Waals surface area contributed by atoms with E-state index in [0.717, 1.165) is 5.56 Å². The SMILES string of the molecule is Cc1nc(-c2ccc(S(N)(=O)=O)cc2)c(C)o1. The molecule has 0 atom stereocenters. The molecule has 0 saturated carbocycles. The minimum Gasteiger partial charge on any atom is -0.446 e. The van der Waals surface area contributed by atoms with Crippen LogP contribution in [0.1, 0.15) is 11.7 Å². The van der Waals surface area contributed by atoms with Gasteiger partial charge in [-0.3, -0.25) is 0 Å². The Balaban J connectivity index is 2.46. The minimum atomic E-state index is -3.65. The molecule has 6 heteroatoms. The minimum absolute atomic E-state index is 0.0825. The summed E-state index contributed by atoms with van der Waals surface area (Å²) < 4.78 is 27.5. The average molecular weight is 252 g/mol. The smallest absolute Gasteiger partial charge is 0.238 e. The lowest BCUT2D eigenvalue weighted by atomic mass is 10.1. The number of aryl methyl sites for hydroxylation is 2. The Labute approximate surface area is 99.3 Å². The van der Waals surface area contributed by atoms with Crippen molar-refractivity contribution in [3.05, 3.63) is 35.9 Å². The van der Waals surface area contributed by atoms with Gasteiger partial charge in [-0.1, -0.05) is 12.1 Å². The predicted octanol–water partition coefficient (Wildman–Crippen LogP) is 1.61. The van der Waals surface area contributed by atoms with E-state index in [1.54, 1.807) is 19.1 Å². The monoisotopic (exact) mass is 252 g/mol. The summed E-state index contributed by atoms with van der Waals surface area (Å²) >= 11 is 0. The van der Waals surface area contributed by atoms with Crippen LogP contribution in [0.15, 0.2) is 33.6 Å². The van der Waals surface area contributed by atoms with Crippen LogP contribution in [0.3, 0.4) is 0 Å². The Morgan fingerprint density at radius 1 is 1.18 bits per heavy atom. The van der Waals surface area contributed by atoms with Crippen molar-refractivity contribution >= 4 is 10.0 Å². The summed E-state index contributed by atoms with van der Waals surface area (Å²) in [6, 6.07) is 6.22. The zero-order valence-corrected chi connectivity index (χ0v) is 10.3. The first-order chi connectivity index (χ1) is 7.88. The average Bonchev–Trinajstić information content (AvgIpc) is 2.57. The summed E-state index contributed by atoms with van der Waals surface area (Å²) in [7, 11) is -3.65. The molecule has 2 N–H and O–H groups in total. The first kappa shape index (κ1) is 11.8. The van der Waals surface area contributed by atoms with E-state index >= 15 is 0 Å². The van der Waals surface area contributed by atoms with Crippen molar-refractivity contribution in [2.24, 2.45) is 5.14 Å². The van der Waals surface area contributed by atoms with E-state index in [1.165, 1.54) is 12.1 Å². The molecule has 0 bridgehead atoms. The lowest BCUT2D eigenvalue weighted by molar-refractivity contribution is 0.495. The molecule has 0 aliphatic carbocycles. The molecule has 90 valence electrons. The number of sulfonamides is 1. The Hall–Kier alpha value is -1.66. The molecule has 17 heavy (non-hydrogen) atoms. The predicted molar refractivity (Wildman–Crippen MR) is 62.8 cm³/mol. The Bertz CT molecular complexity index is 642. The molecule has 0 aliphatic heterocycles. The molecule has 1 aromatic heterocycles. The van der Waals surface area contributed by atoms with Crippen molar-refractivity contribution in [3.63, 3.8) is 0 Å².